The molecule has 0 saturated heterocycles. The van der Waals surface area contributed by atoms with E-state index >= 15 is 0 Å². The van der Waals surface area contributed by atoms with Crippen LogP contribution in [0.4, 0.5) is 0 Å². The lowest BCUT2D eigenvalue weighted by Crippen LogP contribution is -2.10. The van der Waals surface area contributed by atoms with E-state index in [0.717, 1.165) is 11.1 Å². The van der Waals surface area contributed by atoms with Gasteiger partial charge in [-0.25, -0.2) is 0 Å². The van der Waals surface area contributed by atoms with Crippen LogP contribution < -0.4 is 4.18 Å². The summed E-state index contributed by atoms with van der Waals surface area (Å²) in [7, 11) is -0.132. The summed E-state index contributed by atoms with van der Waals surface area (Å²) in [5, 5.41) is 10.3. The Morgan fingerprint density at radius 3 is 2.55 bits per heavy atom. The van der Waals surface area contributed by atoms with Crippen LogP contribution in [0.25, 0.3) is 0 Å². The number of Topliss-reactive ketones (excluding diaryl/α,β-unsaturated/α-hetero) is 1. The molecular formula is C21H17ClIO3PS2. The zero-order valence-corrected chi connectivity index (χ0v) is 20.7. The Balaban J connectivity index is 1.94. The van der Waals surface area contributed by atoms with Gasteiger partial charge in [-0.15, -0.1) is 11.8 Å². The second-order valence-corrected chi connectivity index (χ2v) is 13.8. The van der Waals surface area contributed by atoms with Crippen molar-refractivity contribution in [3.8, 4) is 11.5 Å². The predicted molar refractivity (Wildman–Crippen MR) is 134 cm³/mol. The molecule has 0 aliphatic carbocycles. The van der Waals surface area contributed by atoms with Gasteiger partial charge in [-0.3, -0.25) is 4.79 Å². The highest BCUT2D eigenvalue weighted by Crippen LogP contribution is 2.45. The highest BCUT2D eigenvalue weighted by Gasteiger charge is 2.26. The molecule has 3 nitrogen and oxygen atoms in total. The van der Waals surface area contributed by atoms with Gasteiger partial charge in [-0.2, -0.15) is 0 Å². The third-order valence-electron chi connectivity index (χ3n) is 4.05. The molecule has 0 saturated carbocycles. The number of aryl methyl sites for hydroxylation is 1. The van der Waals surface area contributed by atoms with Crippen molar-refractivity contribution in [1.82, 2.24) is 0 Å². The van der Waals surface area contributed by atoms with Crippen LogP contribution in [0.15, 0.2) is 71.6 Å². The van der Waals surface area contributed by atoms with Crippen LogP contribution in [-0.4, -0.2) is 12.2 Å². The van der Waals surface area contributed by atoms with Gasteiger partial charge in [0.15, 0.2) is 5.78 Å². The van der Waals surface area contributed by atoms with Gasteiger partial charge in [0.05, 0.1) is 22.7 Å². The lowest BCUT2D eigenvalue weighted by Gasteiger charge is -2.18. The van der Waals surface area contributed by atoms with Crippen LogP contribution in [-0.2, 0) is 7.53 Å². The number of carbonyl (C=O) groups is 1. The minimum Gasteiger partial charge on any atom is -0.507 e. The molecule has 0 aliphatic rings. The van der Waals surface area contributed by atoms with Gasteiger partial charge >= 0.3 is 0 Å². The lowest BCUT2D eigenvalue weighted by atomic mass is 10.0. The van der Waals surface area contributed by atoms with Crippen molar-refractivity contribution >= 4 is 65.8 Å². The fraction of sp³-hybridized carbons (Fsp3) is 0.0952. The minimum atomic E-state index is -0.574. The van der Waals surface area contributed by atoms with Crippen molar-refractivity contribution < 1.29 is 14.1 Å². The van der Waals surface area contributed by atoms with Gasteiger partial charge < -0.3 is 9.29 Å². The number of hydrogen-bond acceptors (Lipinski definition) is 4. The quantitative estimate of drug-likeness (QED) is 0.138. The maximum absolute atomic E-state index is 13.4. The van der Waals surface area contributed by atoms with Crippen LogP contribution >= 0.6 is 52.5 Å². The summed E-state index contributed by atoms with van der Waals surface area (Å²) in [6, 6.07) is 19.8. The molecule has 0 aliphatic heterocycles. The Labute approximate surface area is 197 Å². The SMILES string of the molecule is [3H]P=S(I)Oc1ccc(C(=O)C(Sc2c(O)cc(C)cc2Cl)c2ccccc2)cc1. The molecule has 0 radical (unpaired) electrons. The van der Waals surface area contributed by atoms with Gasteiger partial charge in [-0.1, -0.05) is 41.9 Å². The Kier molecular flexibility index (Phi) is 7.54. The smallest absolute Gasteiger partial charge is 0.180 e. The summed E-state index contributed by atoms with van der Waals surface area (Å²) in [4.78, 5) is 13.9. The van der Waals surface area contributed by atoms with Crippen molar-refractivity contribution in [2.45, 2.75) is 17.1 Å². The number of halogens is 2. The molecule has 0 bridgehead atoms. The zero-order valence-electron chi connectivity index (χ0n) is 16.2. The molecule has 0 spiro atoms. The average molecular weight is 577 g/mol. The van der Waals surface area contributed by atoms with Crippen LogP contribution in [0.2, 0.25) is 5.02 Å². The molecule has 3 rings (SSSR count). The lowest BCUT2D eigenvalue weighted by molar-refractivity contribution is 0.0989. The van der Waals surface area contributed by atoms with Crippen molar-refractivity contribution in [2.75, 3.05) is 0 Å². The number of benzene rings is 3. The van der Waals surface area contributed by atoms with Crippen LogP contribution in [0, 0.1) is 6.92 Å². The first-order valence-corrected chi connectivity index (χ1v) is 14.5. The van der Waals surface area contributed by atoms with Crippen molar-refractivity contribution in [1.29, 1.82) is 1.28 Å². The Hall–Kier alpha value is -1.05. The molecule has 3 aromatic rings. The van der Waals surface area contributed by atoms with Gasteiger partial charge in [0, 0.05) is 26.8 Å². The number of aromatic hydroxyl groups is 1. The topological polar surface area (TPSA) is 46.5 Å². The van der Waals surface area contributed by atoms with E-state index in [1.807, 2.05) is 37.3 Å². The fourth-order valence-electron chi connectivity index (χ4n) is 2.75. The number of carbonyl (C=O) groups excluding carboxylic acids is 1. The molecule has 1 N–H and O–H groups in total. The summed E-state index contributed by atoms with van der Waals surface area (Å²) in [6.07, 6.45) is 0. The van der Waals surface area contributed by atoms with E-state index in [1.165, 1.54) is 11.8 Å². The first-order valence-electron chi connectivity index (χ1n) is 8.93. The molecule has 2 unspecified atom stereocenters. The molecule has 3 aromatic carbocycles. The van der Waals surface area contributed by atoms with Crippen molar-refractivity contribution in [3.05, 3.63) is 88.4 Å². The summed E-state index contributed by atoms with van der Waals surface area (Å²) < 4.78 is 13.0. The van der Waals surface area contributed by atoms with Gasteiger partial charge in [0.1, 0.15) is 12.8 Å². The van der Waals surface area contributed by atoms with Gasteiger partial charge in [0.2, 0.25) is 0 Å². The maximum atomic E-state index is 13.4. The normalized spacial score (nSPS) is 13.6. The molecule has 2 atom stereocenters. The van der Waals surface area contributed by atoms with E-state index < -0.39 is 12.8 Å². The minimum absolute atomic E-state index is 0.0612. The second-order valence-electron chi connectivity index (χ2n) is 6.18. The number of thioether (sulfide) groups is 1. The molecule has 29 heavy (non-hydrogen) atoms. The highest BCUT2D eigenvalue weighted by atomic mass is 127. The fourth-order valence-corrected chi connectivity index (χ4v) is 5.43. The first-order chi connectivity index (χ1) is 14.4. The summed E-state index contributed by atoms with van der Waals surface area (Å²) in [5.41, 5.74) is 2.20. The summed E-state index contributed by atoms with van der Waals surface area (Å²) in [6.45, 7) is 1.85. The number of phenolic OH excluding ortho intramolecular Hbond substituents is 1. The third kappa shape index (κ3) is 5.98. The molecule has 0 fully saturated rings. The molecule has 0 heterocycles. The standard InChI is InChI=1S/C21H17ClIO3PS2/c1-13-11-17(22)21(18(24)12-13)28-20(15-5-3-2-4-6-15)19(25)14-7-9-16(10-8-14)26-29(23)27/h2-12,20,24,27H,1H3/i27T. The summed E-state index contributed by atoms with van der Waals surface area (Å²) in [5.74, 6) is 0.583. The number of rotatable bonds is 7. The Morgan fingerprint density at radius 2 is 1.93 bits per heavy atom. The Bertz CT molecular complexity index is 1060. The predicted octanol–water partition coefficient (Wildman–Crippen LogP) is 7.39. The first kappa shape index (κ1) is 21.2. The number of hydrogen-bond donors (Lipinski definition) is 1. The van der Waals surface area contributed by atoms with Crippen LogP contribution in [0.3, 0.4) is 0 Å². The largest absolute Gasteiger partial charge is 0.507 e. The Morgan fingerprint density at radius 1 is 1.24 bits per heavy atom. The number of phenols is 1. The van der Waals surface area contributed by atoms with Crippen molar-refractivity contribution in [2.24, 2.45) is 0 Å². The van der Waals surface area contributed by atoms with Crippen LogP contribution in [0.5, 0.6) is 11.5 Å². The zero-order chi connectivity index (χ0) is 21.7. The molecule has 8 heteroatoms. The van der Waals surface area contributed by atoms with E-state index in [9.17, 15) is 9.90 Å². The van der Waals surface area contributed by atoms with E-state index in [-0.39, 0.29) is 11.5 Å². The monoisotopic (exact) mass is 576 g/mol. The second kappa shape index (κ2) is 10.3. The van der Waals surface area contributed by atoms with Crippen LogP contribution in [0.1, 0.15) is 26.7 Å². The van der Waals surface area contributed by atoms with Gasteiger partial charge in [-0.05, 0) is 62.4 Å². The molecule has 150 valence electrons. The van der Waals surface area contributed by atoms with E-state index in [1.54, 1.807) is 36.4 Å². The summed E-state index contributed by atoms with van der Waals surface area (Å²) >= 11 is 9.68. The van der Waals surface area contributed by atoms with E-state index in [4.69, 9.17) is 17.1 Å². The van der Waals surface area contributed by atoms with Gasteiger partial charge in [0.25, 0.3) is 0 Å². The highest BCUT2D eigenvalue weighted by molar-refractivity contribution is 14.2. The number of ketones is 1. The maximum Gasteiger partial charge on any atom is 0.180 e. The third-order valence-corrected chi connectivity index (χ3v) is 6.94. The molecule has 0 amide bonds. The molecular weight excluding hydrogens is 558 g/mol. The van der Waals surface area contributed by atoms with Crippen molar-refractivity contribution in [3.63, 3.8) is 0 Å². The molecule has 0 aromatic heterocycles. The van der Waals surface area contributed by atoms with E-state index in [2.05, 4.69) is 21.2 Å². The van der Waals surface area contributed by atoms with E-state index in [0.29, 0.717) is 29.2 Å². The average Bonchev–Trinajstić information content (AvgIpc) is 2.74.